The van der Waals surface area contributed by atoms with Gasteiger partial charge < -0.3 is 10.0 Å². The van der Waals surface area contributed by atoms with Crippen LogP contribution in [0.2, 0.25) is 0 Å². The second-order valence-corrected chi connectivity index (χ2v) is 12.1. The predicted octanol–water partition coefficient (Wildman–Crippen LogP) is 8.73. The highest BCUT2D eigenvalue weighted by Crippen LogP contribution is 2.53. The number of carboxylic acid groups (broad SMARTS) is 1. The SMILES string of the molecule is Cc1ccc(N2c3ccc(-c4ccc(/C=C/c5ccc(/C=C(\C#N)C(=O)O)s5)s4)cc3C3CCCC32)cc1. The van der Waals surface area contributed by atoms with Gasteiger partial charge in [0.2, 0.25) is 0 Å². The molecular weight excluding hydrogens is 508 g/mol. The third-order valence-corrected chi connectivity index (χ3v) is 9.52. The maximum absolute atomic E-state index is 11.1. The van der Waals surface area contributed by atoms with Crippen molar-refractivity contribution in [2.45, 2.75) is 38.1 Å². The van der Waals surface area contributed by atoms with Crippen LogP contribution in [-0.2, 0) is 4.79 Å². The summed E-state index contributed by atoms with van der Waals surface area (Å²) < 4.78 is 0. The van der Waals surface area contributed by atoms with E-state index in [-0.39, 0.29) is 5.57 Å². The molecule has 0 saturated heterocycles. The lowest BCUT2D eigenvalue weighted by atomic mass is 9.95. The number of aryl methyl sites for hydroxylation is 1. The van der Waals surface area contributed by atoms with Crippen molar-refractivity contribution in [1.82, 2.24) is 0 Å². The minimum atomic E-state index is -1.21. The van der Waals surface area contributed by atoms with Gasteiger partial charge in [-0.25, -0.2) is 4.79 Å². The van der Waals surface area contributed by atoms with Gasteiger partial charge in [-0.15, -0.1) is 22.7 Å². The molecule has 2 aromatic heterocycles. The smallest absolute Gasteiger partial charge is 0.346 e. The van der Waals surface area contributed by atoms with Crippen molar-refractivity contribution in [2.24, 2.45) is 0 Å². The molecule has 3 heterocycles. The topological polar surface area (TPSA) is 64.3 Å². The predicted molar refractivity (Wildman–Crippen MR) is 158 cm³/mol. The third-order valence-electron chi connectivity index (χ3n) is 7.42. The molecule has 188 valence electrons. The van der Waals surface area contributed by atoms with Gasteiger partial charge in [-0.05, 0) is 97.7 Å². The molecule has 0 spiro atoms. The van der Waals surface area contributed by atoms with E-state index in [0.717, 1.165) is 14.6 Å². The molecule has 1 aliphatic carbocycles. The van der Waals surface area contributed by atoms with Crippen LogP contribution in [0.25, 0.3) is 28.7 Å². The zero-order chi connectivity index (χ0) is 26.2. The van der Waals surface area contributed by atoms with Crippen LogP contribution in [-0.4, -0.2) is 17.1 Å². The zero-order valence-corrected chi connectivity index (χ0v) is 22.6. The highest BCUT2D eigenvalue weighted by molar-refractivity contribution is 7.16. The van der Waals surface area contributed by atoms with E-state index in [1.807, 2.05) is 18.2 Å². The van der Waals surface area contributed by atoms with Crippen molar-refractivity contribution >= 4 is 58.2 Å². The first-order valence-corrected chi connectivity index (χ1v) is 14.4. The number of carbonyl (C=O) groups is 1. The van der Waals surface area contributed by atoms with E-state index in [1.165, 1.54) is 69.6 Å². The van der Waals surface area contributed by atoms with E-state index >= 15 is 0 Å². The van der Waals surface area contributed by atoms with E-state index in [1.54, 1.807) is 17.4 Å². The fourth-order valence-corrected chi connectivity index (χ4v) is 7.40. The summed E-state index contributed by atoms with van der Waals surface area (Å²) >= 11 is 3.23. The summed E-state index contributed by atoms with van der Waals surface area (Å²) in [4.78, 5) is 17.8. The molecule has 4 nitrogen and oxygen atoms in total. The highest BCUT2D eigenvalue weighted by Gasteiger charge is 2.42. The van der Waals surface area contributed by atoms with Crippen molar-refractivity contribution in [3.05, 3.63) is 98.1 Å². The van der Waals surface area contributed by atoms with Gasteiger partial charge in [-0.3, -0.25) is 0 Å². The van der Waals surface area contributed by atoms with Gasteiger partial charge in [0.05, 0.1) is 0 Å². The fourth-order valence-electron chi connectivity index (χ4n) is 5.63. The molecule has 0 radical (unpaired) electrons. The van der Waals surface area contributed by atoms with Crippen molar-refractivity contribution in [3.8, 4) is 16.5 Å². The van der Waals surface area contributed by atoms with E-state index in [0.29, 0.717) is 12.0 Å². The van der Waals surface area contributed by atoms with Crippen molar-refractivity contribution < 1.29 is 9.90 Å². The Hall–Kier alpha value is -3.92. The lowest BCUT2D eigenvalue weighted by molar-refractivity contribution is -0.132. The average molecular weight is 535 g/mol. The van der Waals surface area contributed by atoms with Crippen molar-refractivity contribution in [1.29, 1.82) is 5.26 Å². The zero-order valence-electron chi connectivity index (χ0n) is 20.9. The van der Waals surface area contributed by atoms with Crippen LogP contribution < -0.4 is 4.90 Å². The second kappa shape index (κ2) is 10.1. The van der Waals surface area contributed by atoms with Crippen molar-refractivity contribution in [2.75, 3.05) is 4.90 Å². The number of anilines is 2. The average Bonchev–Trinajstić information content (AvgIpc) is 3.71. The number of aliphatic carboxylic acids is 1. The number of carboxylic acids is 1. The number of benzene rings is 2. The van der Waals surface area contributed by atoms with Crippen LogP contribution >= 0.6 is 22.7 Å². The lowest BCUT2D eigenvalue weighted by Crippen LogP contribution is -2.26. The number of nitriles is 1. The molecule has 6 heteroatoms. The number of rotatable bonds is 6. The Kier molecular flexibility index (Phi) is 6.49. The molecule has 2 aromatic carbocycles. The molecular formula is C32H26N2O2S2. The monoisotopic (exact) mass is 534 g/mol. The Morgan fingerprint density at radius 2 is 1.71 bits per heavy atom. The first-order chi connectivity index (χ1) is 18.5. The van der Waals surface area contributed by atoms with Gasteiger partial charge in [0, 0.05) is 42.8 Å². The van der Waals surface area contributed by atoms with Crippen LogP contribution in [0.5, 0.6) is 0 Å². The molecule has 2 aliphatic rings. The molecule has 0 amide bonds. The third kappa shape index (κ3) is 4.60. The first-order valence-electron chi connectivity index (χ1n) is 12.7. The molecule has 1 fully saturated rings. The molecule has 4 aromatic rings. The van der Waals surface area contributed by atoms with Gasteiger partial charge in [-0.2, -0.15) is 5.26 Å². The van der Waals surface area contributed by atoms with Gasteiger partial charge in [0.25, 0.3) is 0 Å². The molecule has 38 heavy (non-hydrogen) atoms. The Balaban J connectivity index is 1.23. The number of hydrogen-bond acceptors (Lipinski definition) is 5. The standard InChI is InChI=1S/C32H26N2O2S2/c1-20-5-8-23(9-6-20)34-29-4-2-3-27(29)28-18-21(7-15-30(28)34)31-16-14-25(38-31)11-10-24-12-13-26(37-24)17-22(19-33)32(35)36/h5-18,27,29H,2-4H2,1H3,(H,35,36)/b11-10+,22-17+. The number of thiophene rings is 2. The molecule has 6 rings (SSSR count). The summed E-state index contributed by atoms with van der Waals surface area (Å²) in [5.74, 6) is -0.614. The number of nitrogens with zero attached hydrogens (tertiary/aromatic N) is 2. The van der Waals surface area contributed by atoms with E-state index in [4.69, 9.17) is 10.4 Å². The second-order valence-electron chi connectivity index (χ2n) is 9.83. The largest absolute Gasteiger partial charge is 0.477 e. The Morgan fingerprint density at radius 1 is 0.974 bits per heavy atom. The van der Waals surface area contributed by atoms with Crippen LogP contribution in [0.4, 0.5) is 11.4 Å². The van der Waals surface area contributed by atoms with Crippen LogP contribution in [0.1, 0.15) is 50.9 Å². The fraction of sp³-hybridized carbons (Fsp3) is 0.188. The van der Waals surface area contributed by atoms with Crippen LogP contribution in [0.15, 0.2) is 72.3 Å². The summed E-state index contributed by atoms with van der Waals surface area (Å²) in [6.07, 6.45) is 9.32. The summed E-state index contributed by atoms with van der Waals surface area (Å²) in [5, 5.41) is 18.0. The molecule has 2 atom stereocenters. The van der Waals surface area contributed by atoms with Crippen molar-refractivity contribution in [3.63, 3.8) is 0 Å². The van der Waals surface area contributed by atoms with Gasteiger partial charge >= 0.3 is 5.97 Å². The Morgan fingerprint density at radius 3 is 2.47 bits per heavy atom. The lowest BCUT2D eigenvalue weighted by Gasteiger charge is -2.27. The summed E-state index contributed by atoms with van der Waals surface area (Å²) in [6, 6.07) is 26.3. The minimum absolute atomic E-state index is 0.259. The van der Waals surface area contributed by atoms with Gasteiger partial charge in [0.15, 0.2) is 0 Å². The minimum Gasteiger partial charge on any atom is -0.477 e. The Labute approximate surface area is 230 Å². The quantitative estimate of drug-likeness (QED) is 0.198. The van der Waals surface area contributed by atoms with E-state index < -0.39 is 5.97 Å². The maximum atomic E-state index is 11.1. The summed E-state index contributed by atoms with van der Waals surface area (Å²) in [5.41, 5.74) is 6.43. The molecule has 1 N–H and O–H groups in total. The molecule has 1 saturated carbocycles. The number of fused-ring (bicyclic) bond motifs is 3. The molecule has 1 aliphatic heterocycles. The van der Waals surface area contributed by atoms with Crippen LogP contribution in [0.3, 0.4) is 0 Å². The molecule has 0 bridgehead atoms. The normalized spacial score (nSPS) is 18.5. The first kappa shape index (κ1) is 24.4. The van der Waals surface area contributed by atoms with E-state index in [9.17, 15) is 4.79 Å². The van der Waals surface area contributed by atoms with E-state index in [2.05, 4.69) is 72.5 Å². The maximum Gasteiger partial charge on any atom is 0.346 e. The summed E-state index contributed by atoms with van der Waals surface area (Å²) in [6.45, 7) is 2.14. The van der Waals surface area contributed by atoms with Crippen LogP contribution in [0, 0.1) is 18.3 Å². The Bertz CT molecular complexity index is 1620. The molecule has 2 unspecified atom stereocenters. The van der Waals surface area contributed by atoms with Gasteiger partial charge in [0.1, 0.15) is 11.6 Å². The highest BCUT2D eigenvalue weighted by atomic mass is 32.1. The van der Waals surface area contributed by atoms with Gasteiger partial charge in [-0.1, -0.05) is 30.2 Å². The summed E-state index contributed by atoms with van der Waals surface area (Å²) in [7, 11) is 0. The number of hydrogen-bond donors (Lipinski definition) is 1.